The van der Waals surface area contributed by atoms with Crippen LogP contribution in [0.5, 0.6) is 0 Å². The van der Waals surface area contributed by atoms with Crippen LogP contribution in [-0.2, 0) is 11.2 Å². The Bertz CT molecular complexity index is 394. The largest absolute Gasteiger partial charge is 0.480 e. The van der Waals surface area contributed by atoms with Crippen molar-refractivity contribution >= 4 is 29.2 Å². The lowest BCUT2D eigenvalue weighted by Crippen LogP contribution is -2.37. The number of nitrogens with zero attached hydrogens (tertiary/aromatic N) is 1. The zero-order valence-electron chi connectivity index (χ0n) is 9.08. The molecular formula is C11H13Cl2NO2. The molecule has 0 radical (unpaired) electrons. The molecule has 0 aliphatic carbocycles. The lowest BCUT2D eigenvalue weighted by atomic mass is 10.1. The summed E-state index contributed by atoms with van der Waals surface area (Å²) in [7, 11) is 3.45. The van der Waals surface area contributed by atoms with Crippen LogP contribution >= 0.6 is 23.2 Å². The SMILES string of the molecule is CN(C)[C@H](Cc1ccc(Cl)cc1Cl)C(=O)O. The minimum Gasteiger partial charge on any atom is -0.480 e. The van der Waals surface area contributed by atoms with Crippen LogP contribution < -0.4 is 0 Å². The number of rotatable bonds is 4. The molecule has 1 atom stereocenters. The third-order valence-electron chi connectivity index (χ3n) is 2.34. The molecule has 1 aromatic carbocycles. The fraction of sp³-hybridized carbons (Fsp3) is 0.364. The van der Waals surface area contributed by atoms with E-state index in [2.05, 4.69) is 0 Å². The zero-order valence-corrected chi connectivity index (χ0v) is 10.6. The third kappa shape index (κ3) is 3.37. The Balaban J connectivity index is 2.90. The summed E-state index contributed by atoms with van der Waals surface area (Å²) in [5.41, 5.74) is 0.784. The van der Waals surface area contributed by atoms with Crippen molar-refractivity contribution in [3.8, 4) is 0 Å². The summed E-state index contributed by atoms with van der Waals surface area (Å²) in [5.74, 6) is -0.865. The molecule has 0 aliphatic rings. The minimum atomic E-state index is -0.865. The van der Waals surface area contributed by atoms with Crippen LogP contribution in [0, 0.1) is 0 Å². The molecule has 1 aromatic rings. The number of hydrogen-bond donors (Lipinski definition) is 1. The summed E-state index contributed by atoms with van der Waals surface area (Å²) in [6.45, 7) is 0. The second-order valence-electron chi connectivity index (χ2n) is 3.76. The molecule has 0 heterocycles. The van der Waals surface area contributed by atoms with Crippen LogP contribution in [0.3, 0.4) is 0 Å². The first kappa shape index (κ1) is 13.3. The smallest absolute Gasteiger partial charge is 0.321 e. The molecule has 0 spiro atoms. The van der Waals surface area contributed by atoms with Gasteiger partial charge in [-0.15, -0.1) is 0 Å². The summed E-state index contributed by atoms with van der Waals surface area (Å²) in [6.07, 6.45) is 0.359. The van der Waals surface area contributed by atoms with Gasteiger partial charge in [0.1, 0.15) is 6.04 Å². The molecular weight excluding hydrogens is 249 g/mol. The number of benzene rings is 1. The number of aliphatic carboxylic acids is 1. The summed E-state index contributed by atoms with van der Waals surface area (Å²) >= 11 is 11.8. The van der Waals surface area contributed by atoms with Crippen molar-refractivity contribution in [3.63, 3.8) is 0 Å². The fourth-order valence-electron chi connectivity index (χ4n) is 1.39. The van der Waals surface area contributed by atoms with Gasteiger partial charge in [-0.3, -0.25) is 9.69 Å². The lowest BCUT2D eigenvalue weighted by molar-refractivity contribution is -0.142. The average molecular weight is 262 g/mol. The predicted molar refractivity (Wildman–Crippen MR) is 65.3 cm³/mol. The summed E-state index contributed by atoms with van der Waals surface area (Å²) in [5, 5.41) is 10.1. The average Bonchev–Trinajstić information content (AvgIpc) is 2.15. The van der Waals surface area contributed by atoms with Crippen molar-refractivity contribution in [2.24, 2.45) is 0 Å². The molecule has 16 heavy (non-hydrogen) atoms. The maximum absolute atomic E-state index is 11.0. The first-order valence-electron chi connectivity index (χ1n) is 4.75. The van der Waals surface area contributed by atoms with Gasteiger partial charge in [0.05, 0.1) is 0 Å². The van der Waals surface area contributed by atoms with E-state index in [4.69, 9.17) is 28.3 Å². The van der Waals surface area contributed by atoms with E-state index < -0.39 is 12.0 Å². The second kappa shape index (κ2) is 5.53. The first-order chi connectivity index (χ1) is 7.41. The van der Waals surface area contributed by atoms with Crippen molar-refractivity contribution in [1.82, 2.24) is 4.90 Å². The van der Waals surface area contributed by atoms with E-state index >= 15 is 0 Å². The fourth-order valence-corrected chi connectivity index (χ4v) is 1.87. The lowest BCUT2D eigenvalue weighted by Gasteiger charge is -2.20. The summed E-state index contributed by atoms with van der Waals surface area (Å²) in [6, 6.07) is 4.49. The van der Waals surface area contributed by atoms with Gasteiger partial charge < -0.3 is 5.11 Å². The van der Waals surface area contributed by atoms with Crippen molar-refractivity contribution in [1.29, 1.82) is 0 Å². The second-order valence-corrected chi connectivity index (χ2v) is 4.60. The van der Waals surface area contributed by atoms with E-state index in [0.717, 1.165) is 5.56 Å². The van der Waals surface area contributed by atoms with Gasteiger partial charge in [0, 0.05) is 16.5 Å². The maximum Gasteiger partial charge on any atom is 0.321 e. The van der Waals surface area contributed by atoms with Gasteiger partial charge in [-0.25, -0.2) is 0 Å². The third-order valence-corrected chi connectivity index (χ3v) is 2.92. The van der Waals surface area contributed by atoms with Crippen LogP contribution in [0.4, 0.5) is 0 Å². The van der Waals surface area contributed by atoms with E-state index in [1.54, 1.807) is 37.2 Å². The van der Waals surface area contributed by atoms with Gasteiger partial charge in [-0.1, -0.05) is 29.3 Å². The van der Waals surface area contributed by atoms with Crippen LogP contribution in [-0.4, -0.2) is 36.1 Å². The predicted octanol–water partition coefficient (Wildman–Crippen LogP) is 2.55. The number of carbonyl (C=O) groups is 1. The summed E-state index contributed by atoms with van der Waals surface area (Å²) in [4.78, 5) is 12.7. The highest BCUT2D eigenvalue weighted by Crippen LogP contribution is 2.22. The highest BCUT2D eigenvalue weighted by atomic mass is 35.5. The molecule has 0 saturated heterocycles. The molecule has 88 valence electrons. The zero-order chi connectivity index (χ0) is 12.3. The van der Waals surface area contributed by atoms with Gasteiger partial charge in [-0.2, -0.15) is 0 Å². The van der Waals surface area contributed by atoms with Crippen LogP contribution in [0.15, 0.2) is 18.2 Å². The molecule has 0 bridgehead atoms. The van der Waals surface area contributed by atoms with Gasteiger partial charge in [0.2, 0.25) is 0 Å². The van der Waals surface area contributed by atoms with Gasteiger partial charge >= 0.3 is 5.97 Å². The van der Waals surface area contributed by atoms with E-state index in [9.17, 15) is 4.79 Å². The van der Waals surface area contributed by atoms with E-state index in [1.807, 2.05) is 0 Å². The molecule has 5 heteroatoms. The summed E-state index contributed by atoms with van der Waals surface area (Å²) < 4.78 is 0. The Morgan fingerprint density at radius 1 is 1.44 bits per heavy atom. The van der Waals surface area contributed by atoms with E-state index in [-0.39, 0.29) is 0 Å². The molecule has 0 unspecified atom stereocenters. The molecule has 0 aliphatic heterocycles. The molecule has 0 aromatic heterocycles. The first-order valence-corrected chi connectivity index (χ1v) is 5.50. The van der Waals surface area contributed by atoms with Gasteiger partial charge in [0.15, 0.2) is 0 Å². The number of carboxylic acid groups (broad SMARTS) is 1. The quantitative estimate of drug-likeness (QED) is 0.906. The Labute approximate surface area is 105 Å². The molecule has 0 fully saturated rings. The molecule has 1 N–H and O–H groups in total. The van der Waals surface area contributed by atoms with Crippen LogP contribution in [0.2, 0.25) is 10.0 Å². The van der Waals surface area contributed by atoms with Gasteiger partial charge in [0.25, 0.3) is 0 Å². The van der Waals surface area contributed by atoms with Crippen molar-refractivity contribution in [3.05, 3.63) is 33.8 Å². The standard InChI is InChI=1S/C11H13Cl2NO2/c1-14(2)10(11(15)16)5-7-3-4-8(12)6-9(7)13/h3-4,6,10H,5H2,1-2H3,(H,15,16)/t10-/m1/s1. The number of hydrogen-bond acceptors (Lipinski definition) is 2. The van der Waals surface area contributed by atoms with Crippen molar-refractivity contribution < 1.29 is 9.90 Å². The Hall–Kier alpha value is -0.770. The molecule has 0 amide bonds. The highest BCUT2D eigenvalue weighted by Gasteiger charge is 2.21. The van der Waals surface area contributed by atoms with Gasteiger partial charge in [-0.05, 0) is 31.8 Å². The molecule has 0 saturated carbocycles. The van der Waals surface area contributed by atoms with E-state index in [0.29, 0.717) is 16.5 Å². The van der Waals surface area contributed by atoms with Crippen molar-refractivity contribution in [2.45, 2.75) is 12.5 Å². The van der Waals surface area contributed by atoms with Crippen molar-refractivity contribution in [2.75, 3.05) is 14.1 Å². The monoisotopic (exact) mass is 261 g/mol. The normalized spacial score (nSPS) is 12.8. The minimum absolute atomic E-state index is 0.359. The number of carboxylic acids is 1. The molecule has 1 rings (SSSR count). The maximum atomic E-state index is 11.0. The number of likely N-dealkylation sites (N-methyl/N-ethyl adjacent to an activating group) is 1. The number of halogens is 2. The van der Waals surface area contributed by atoms with Crippen LogP contribution in [0.25, 0.3) is 0 Å². The Morgan fingerprint density at radius 3 is 2.50 bits per heavy atom. The van der Waals surface area contributed by atoms with Crippen LogP contribution in [0.1, 0.15) is 5.56 Å². The Morgan fingerprint density at radius 2 is 2.06 bits per heavy atom. The topological polar surface area (TPSA) is 40.5 Å². The highest BCUT2D eigenvalue weighted by molar-refractivity contribution is 6.35. The van der Waals surface area contributed by atoms with E-state index in [1.165, 1.54) is 0 Å². The Kier molecular flexibility index (Phi) is 4.59. The molecule has 3 nitrogen and oxygen atoms in total.